The number of amides is 8. The van der Waals surface area contributed by atoms with E-state index in [1.807, 2.05) is 65.1 Å². The Kier molecular flexibility index (Phi) is 27.3. The van der Waals surface area contributed by atoms with Crippen LogP contribution in [0.1, 0.15) is 219 Å². The highest BCUT2D eigenvalue weighted by atomic mass is 19.1. The second-order valence-electron chi connectivity index (χ2n) is 40.8. The summed E-state index contributed by atoms with van der Waals surface area (Å²) in [6, 6.07) is 33.4. The number of nitrogens with zero attached hydrogens (tertiary/aromatic N) is 26. The first-order chi connectivity index (χ1) is 66.4. The largest absolute Gasteiger partial charge is 0.394 e. The standard InChI is InChI=1S/C27H28FN7O2.C26H32FN5O3.C25H27FN8O2.C24H25FN6O2/c1-17(2)20-13-22(18-5-7-19(28)8-6-18)32-35-14-23(31-24(20)35)26(37)34-12-11-33(15-27(34,3)4)25(36)21-9-10-29-16-30-21;1-16(15-33)30-11-12-31(26(5,6)24(30)35)23(34)21-14-32-22(28-21)19(25(2,3)4)13-20(29-32)17-7-9-18(27)10-8-17;1-24(2,3)17-12-18(15-6-8-16(26)9-7-15)31-34-13-19(29-20(17)34)21(35)33-11-10-32(22(36)25(33,4)5)23-27-14-28-30-23;1-23(2,3)17-12-18(15-6-8-16(25)9-7-15)28-31-13-19(27-20(17)31)21(32)30-11-10-29(14-26)22(33)24(30,4)5/h5-10,13-14,16-17H,11-12,15H2,1-4H3;7-10,13-14,16,33H,11-12,15H2,1-6H3;6-9,12-13H,10-11,14H2,1-5H3;6-9,12-13H,10-11H2,1-5H3. The molecule has 1 unspecified atom stereocenters. The number of carbonyl (C=O) groups excluding carboxylic acids is 8. The lowest BCUT2D eigenvalue weighted by atomic mass is 9.87. The van der Waals surface area contributed by atoms with E-state index in [1.54, 1.807) is 161 Å². The molecule has 18 rings (SSSR count). The second-order valence-corrected chi connectivity index (χ2v) is 40.8. The number of aliphatic hydroxyl groups is 1. The van der Waals surface area contributed by atoms with Crippen molar-refractivity contribution >= 4 is 75.8 Å². The summed E-state index contributed by atoms with van der Waals surface area (Å²) < 4.78 is 60.1. The molecule has 14 heterocycles. The molecule has 0 spiro atoms. The van der Waals surface area contributed by atoms with Crippen LogP contribution in [-0.4, -0.2) is 266 Å². The first-order valence-corrected chi connectivity index (χ1v) is 46.3. The summed E-state index contributed by atoms with van der Waals surface area (Å²) >= 11 is 0. The number of benzene rings is 4. The summed E-state index contributed by atoms with van der Waals surface area (Å²) in [6.45, 7) is 41.0. The van der Waals surface area contributed by atoms with Gasteiger partial charge in [-0.05, 0) is 212 Å². The normalized spacial score (nSPS) is 16.6. The SMILES string of the molecule is CC(C)(C)c1cc(-c2ccc(F)cc2)nn2cc(C(=O)N3CCN(C#N)C(=O)C3(C)C)nc12.CC(C)(C)c1cc(-c2ccc(F)cc2)nn2cc(C(=O)N3CCN(C4=NCN=N4)C(=O)C3(C)C)nc12.CC(C)c1cc(-c2ccc(F)cc2)nn2cc(C(=O)N3CCN(C(=O)c4ccncn4)CC3(C)C)nc12.CC(CO)N1CCN(C(=O)c2cn3nc(-c4ccc(F)cc4)cc(C(C)(C)C)c3n2)C(C)(C)C1=O. The van der Waals surface area contributed by atoms with E-state index < -0.39 is 34.0 Å². The van der Waals surface area contributed by atoms with Crippen molar-refractivity contribution in [1.29, 1.82) is 5.26 Å². The Labute approximate surface area is 811 Å². The summed E-state index contributed by atoms with van der Waals surface area (Å²) in [5.41, 5.74) is 7.68. The first kappa shape index (κ1) is 100. The first-order valence-electron chi connectivity index (χ1n) is 46.3. The van der Waals surface area contributed by atoms with Gasteiger partial charge in [0.1, 0.15) is 74.7 Å². The van der Waals surface area contributed by atoms with Crippen LogP contribution < -0.4 is 0 Å². The van der Waals surface area contributed by atoms with Gasteiger partial charge in [0.15, 0.2) is 35.5 Å². The zero-order chi connectivity index (χ0) is 102. The molecule has 1 N–H and O–H groups in total. The van der Waals surface area contributed by atoms with Gasteiger partial charge in [0.2, 0.25) is 11.9 Å². The molecule has 5 aliphatic heterocycles. The number of nitriles is 1. The predicted molar refractivity (Wildman–Crippen MR) is 517 cm³/mol. The second kappa shape index (κ2) is 38.4. The average Bonchev–Trinajstić information content (AvgIpc) is 1.64. The third kappa shape index (κ3) is 20.2. The van der Waals surface area contributed by atoms with Crippen LogP contribution in [-0.2, 0) is 30.6 Å². The fourth-order valence-corrected chi connectivity index (χ4v) is 17.7. The van der Waals surface area contributed by atoms with Crippen LogP contribution in [0.25, 0.3) is 67.6 Å². The van der Waals surface area contributed by atoms with Crippen LogP contribution in [0.2, 0.25) is 0 Å². The molecule has 39 heteroatoms. The maximum Gasteiger partial charge on any atom is 0.275 e. The number of rotatable bonds is 12. The van der Waals surface area contributed by atoms with Gasteiger partial charge in [-0.25, -0.2) is 75.4 Å². The molecule has 0 aliphatic carbocycles. The van der Waals surface area contributed by atoms with Crippen LogP contribution in [0, 0.1) is 34.7 Å². The van der Waals surface area contributed by atoms with Gasteiger partial charge in [0.05, 0.1) is 72.3 Å². The van der Waals surface area contributed by atoms with Gasteiger partial charge in [0.25, 0.3) is 41.4 Å². The number of hydrogen-bond acceptors (Lipinski definition) is 23. The molecule has 141 heavy (non-hydrogen) atoms. The third-order valence-corrected chi connectivity index (χ3v) is 25.8. The number of aliphatic hydroxyl groups excluding tert-OH is 1. The molecular weight excluding hydrogens is 1810 g/mol. The minimum Gasteiger partial charge on any atom is -0.394 e. The van der Waals surface area contributed by atoms with Crippen LogP contribution >= 0.6 is 0 Å². The molecule has 35 nitrogen and oxygen atoms in total. The number of aliphatic imine (C=N–C) groups is 1. The van der Waals surface area contributed by atoms with E-state index in [4.69, 9.17) is 0 Å². The lowest BCUT2D eigenvalue weighted by molar-refractivity contribution is -0.150. The Balaban J connectivity index is 0.000000142. The van der Waals surface area contributed by atoms with Gasteiger partial charge in [-0.3, -0.25) is 43.3 Å². The van der Waals surface area contributed by atoms with Crippen molar-refractivity contribution in [3.05, 3.63) is 239 Å². The Bertz CT molecular complexity index is 7170. The van der Waals surface area contributed by atoms with Crippen LogP contribution in [0.3, 0.4) is 0 Å². The van der Waals surface area contributed by atoms with Crippen molar-refractivity contribution in [1.82, 2.24) is 108 Å². The average molecular weight is 1920 g/mol. The van der Waals surface area contributed by atoms with Crippen LogP contribution in [0.15, 0.2) is 180 Å². The van der Waals surface area contributed by atoms with Crippen molar-refractivity contribution in [2.75, 3.05) is 72.2 Å². The van der Waals surface area contributed by atoms with E-state index in [1.165, 1.54) is 80.7 Å². The number of azo groups is 1. The van der Waals surface area contributed by atoms with Crippen LogP contribution in [0.5, 0.6) is 0 Å². The molecule has 8 amide bonds. The monoisotopic (exact) mass is 1920 g/mol. The van der Waals surface area contributed by atoms with Gasteiger partial charge in [0, 0.05) is 103 Å². The lowest BCUT2D eigenvalue weighted by Gasteiger charge is -2.47. The minimum atomic E-state index is -1.18. The van der Waals surface area contributed by atoms with E-state index in [-0.39, 0.29) is 149 Å². The molecule has 13 aromatic rings. The predicted octanol–water partition coefficient (Wildman–Crippen LogP) is 14.2. The summed E-state index contributed by atoms with van der Waals surface area (Å²) in [5.74, 6) is -3.35. The molecule has 9 aromatic heterocycles. The Hall–Kier alpha value is -15.4. The number of aromatic nitrogens is 14. The fourth-order valence-electron chi connectivity index (χ4n) is 17.7. The summed E-state index contributed by atoms with van der Waals surface area (Å²) in [5, 5.41) is 45.0. The van der Waals surface area contributed by atoms with Crippen LogP contribution in [0.4, 0.5) is 17.6 Å². The number of fused-ring (bicyclic) bond motifs is 4. The summed E-state index contributed by atoms with van der Waals surface area (Å²) in [7, 11) is 0. The van der Waals surface area contributed by atoms with Crippen molar-refractivity contribution in [2.24, 2.45) is 15.2 Å². The molecule has 0 radical (unpaired) electrons. The van der Waals surface area contributed by atoms with Crippen molar-refractivity contribution < 1.29 is 61.0 Å². The molecule has 4 saturated heterocycles. The van der Waals surface area contributed by atoms with Gasteiger partial charge < -0.3 is 34.5 Å². The van der Waals surface area contributed by atoms with Gasteiger partial charge in [-0.1, -0.05) is 76.2 Å². The lowest BCUT2D eigenvalue weighted by Crippen LogP contribution is -2.66. The minimum absolute atomic E-state index is 0.128. The summed E-state index contributed by atoms with van der Waals surface area (Å²) in [6.07, 6.45) is 11.1. The molecule has 1 atom stereocenters. The highest BCUT2D eigenvalue weighted by Gasteiger charge is 2.50. The zero-order valence-corrected chi connectivity index (χ0v) is 82.4. The molecule has 4 fully saturated rings. The molecule has 732 valence electrons. The van der Waals surface area contributed by atoms with Gasteiger partial charge >= 0.3 is 0 Å². The molecule has 4 aromatic carbocycles. The number of piperazine rings is 4. The number of imidazole rings is 4. The number of halogens is 4. The molecule has 0 saturated carbocycles. The maximum absolute atomic E-state index is 13.7. The van der Waals surface area contributed by atoms with Crippen molar-refractivity contribution in [2.45, 2.75) is 189 Å². The number of guanidine groups is 1. The van der Waals surface area contributed by atoms with E-state index >= 15 is 0 Å². The summed E-state index contributed by atoms with van der Waals surface area (Å²) in [4.78, 5) is 149. The van der Waals surface area contributed by atoms with Gasteiger partial charge in [-0.2, -0.15) is 30.8 Å². The topological polar surface area (TPSA) is 390 Å². The highest BCUT2D eigenvalue weighted by Crippen LogP contribution is 2.39. The Morgan fingerprint density at radius 1 is 0.440 bits per heavy atom. The van der Waals surface area contributed by atoms with E-state index in [0.717, 1.165) is 49.4 Å². The fraction of sp³-hybridized carbons (Fsp3) is 0.392. The van der Waals surface area contributed by atoms with Crippen molar-refractivity contribution in [3.63, 3.8) is 0 Å². The Morgan fingerprint density at radius 2 is 0.801 bits per heavy atom. The maximum atomic E-state index is 13.7. The number of hydrogen-bond donors (Lipinski definition) is 1. The van der Waals surface area contributed by atoms with E-state index in [2.05, 4.69) is 121 Å². The quantitative estimate of drug-likeness (QED) is 0.0876. The Morgan fingerprint density at radius 3 is 1.16 bits per heavy atom. The molecule has 5 aliphatic rings. The highest BCUT2D eigenvalue weighted by molar-refractivity contribution is 6.06. The van der Waals surface area contributed by atoms with Crippen molar-refractivity contribution in [3.8, 4) is 51.2 Å². The zero-order valence-electron chi connectivity index (χ0n) is 82.4. The third-order valence-electron chi connectivity index (χ3n) is 25.8. The number of carbonyl (C=O) groups is 8. The van der Waals surface area contributed by atoms with Gasteiger partial charge in [-0.15, -0.1) is 5.11 Å². The molecular formula is C102H112F4N26O9. The smallest absolute Gasteiger partial charge is 0.275 e. The van der Waals surface area contributed by atoms with E-state index in [9.17, 15) is 66.3 Å². The van der Waals surface area contributed by atoms with E-state index in [0.29, 0.717) is 90.3 Å². The molecule has 0 bridgehead atoms.